The lowest BCUT2D eigenvalue weighted by Gasteiger charge is -2.24. The first kappa shape index (κ1) is 12.7. The van der Waals surface area contributed by atoms with Crippen LogP contribution in [0.5, 0.6) is 0 Å². The second kappa shape index (κ2) is 7.88. The van der Waals surface area contributed by atoms with Gasteiger partial charge in [0.1, 0.15) is 0 Å². The van der Waals surface area contributed by atoms with Crippen molar-refractivity contribution in [2.75, 3.05) is 6.54 Å². The number of nitrogens with one attached hydrogen (secondary N) is 2. The Morgan fingerprint density at radius 2 is 2.13 bits per heavy atom. The van der Waals surface area contributed by atoms with Crippen molar-refractivity contribution < 1.29 is 0 Å². The molecule has 2 N–H and O–H groups in total. The van der Waals surface area contributed by atoms with E-state index in [4.69, 9.17) is 12.2 Å². The largest absolute Gasteiger partial charge is 0.362 e. The molecule has 0 aliphatic heterocycles. The van der Waals surface area contributed by atoms with Gasteiger partial charge in [-0.2, -0.15) is 10.9 Å². The lowest BCUT2D eigenvalue weighted by Crippen LogP contribution is -2.43. The van der Waals surface area contributed by atoms with E-state index in [0.29, 0.717) is 6.04 Å². The molecule has 0 aromatic heterocycles. The molecular weight excluding hydrogens is 224 g/mol. The highest BCUT2D eigenvalue weighted by Gasteiger charge is 2.13. The predicted octanol–water partition coefficient (Wildman–Crippen LogP) is 2.14. The molecule has 1 saturated carbocycles. The summed E-state index contributed by atoms with van der Waals surface area (Å²) in [7, 11) is 1.51. The number of hydrogen-bond donors (Lipinski definition) is 2. The van der Waals surface area contributed by atoms with Crippen molar-refractivity contribution in [2.45, 2.75) is 44.6 Å². The normalized spacial score (nSPS) is 16.8. The Labute approximate surface area is 101 Å². The minimum Gasteiger partial charge on any atom is -0.362 e. The maximum Gasteiger partial charge on any atom is 0.166 e. The van der Waals surface area contributed by atoms with Crippen molar-refractivity contribution in [3.63, 3.8) is 0 Å². The Morgan fingerprint density at radius 1 is 1.40 bits per heavy atom. The first-order chi connectivity index (χ1) is 7.33. The van der Waals surface area contributed by atoms with Crippen LogP contribution < -0.4 is 10.6 Å². The van der Waals surface area contributed by atoms with E-state index in [2.05, 4.69) is 21.9 Å². The van der Waals surface area contributed by atoms with Gasteiger partial charge in [-0.15, -0.1) is 0 Å². The summed E-state index contributed by atoms with van der Waals surface area (Å²) in [5.41, 5.74) is 0. The molecule has 0 aromatic rings. The summed E-state index contributed by atoms with van der Waals surface area (Å²) in [4.78, 5) is 0. The highest BCUT2D eigenvalue weighted by Crippen LogP contribution is 2.17. The fourth-order valence-electron chi connectivity index (χ4n) is 1.81. The Balaban J connectivity index is 2.08. The molecule has 1 rings (SSSR count). The summed E-state index contributed by atoms with van der Waals surface area (Å²) in [5, 5.41) is 9.48. The van der Waals surface area contributed by atoms with Gasteiger partial charge in [0.15, 0.2) is 5.11 Å². The zero-order valence-corrected chi connectivity index (χ0v) is 10.8. The number of hydrogen-bond acceptors (Lipinski definition) is 1. The lowest BCUT2D eigenvalue weighted by atomic mass is 9.96. The van der Waals surface area contributed by atoms with E-state index in [-0.39, 0.29) is 0 Å². The quantitative estimate of drug-likeness (QED) is 0.585. The third-order valence-electron chi connectivity index (χ3n) is 2.61. The van der Waals surface area contributed by atoms with E-state index in [1.807, 2.05) is 0 Å². The Kier molecular flexibility index (Phi) is 6.68. The van der Waals surface area contributed by atoms with E-state index >= 15 is 0 Å². The van der Waals surface area contributed by atoms with E-state index < -0.39 is 0 Å². The van der Waals surface area contributed by atoms with Crippen LogP contribution in [0.1, 0.15) is 38.5 Å². The fraction of sp³-hybridized carbons (Fsp3) is 0.727. The summed E-state index contributed by atoms with van der Waals surface area (Å²) < 4.78 is 0. The highest BCUT2D eigenvalue weighted by atomic mass is 32.1. The SMILES string of the molecule is C=S=CCCNC(=S)NC1CCCCC1. The van der Waals surface area contributed by atoms with Crippen molar-refractivity contribution in [1.29, 1.82) is 0 Å². The van der Waals surface area contributed by atoms with E-state index in [9.17, 15) is 0 Å². The van der Waals surface area contributed by atoms with Gasteiger partial charge in [0.25, 0.3) is 0 Å². The molecule has 0 heterocycles. The first-order valence-electron chi connectivity index (χ1n) is 5.60. The van der Waals surface area contributed by atoms with E-state index in [1.54, 1.807) is 0 Å². The molecule has 2 nitrogen and oxygen atoms in total. The molecule has 4 heteroatoms. The Bertz CT molecular complexity index is 241. The molecular formula is C11H20N2S2. The molecule has 0 radical (unpaired) electrons. The first-order valence-corrected chi connectivity index (χ1v) is 7.05. The Hall–Kier alpha value is -0.350. The molecule has 0 atom stereocenters. The summed E-state index contributed by atoms with van der Waals surface area (Å²) >= 11 is 5.23. The predicted molar refractivity (Wildman–Crippen MR) is 76.0 cm³/mol. The zero-order chi connectivity index (χ0) is 10.9. The van der Waals surface area contributed by atoms with Gasteiger partial charge in [0, 0.05) is 12.6 Å². The van der Waals surface area contributed by atoms with E-state index in [1.165, 1.54) is 43.0 Å². The van der Waals surface area contributed by atoms with Gasteiger partial charge < -0.3 is 10.6 Å². The van der Waals surface area contributed by atoms with Gasteiger partial charge in [-0.1, -0.05) is 19.3 Å². The van der Waals surface area contributed by atoms with Gasteiger partial charge in [-0.3, -0.25) is 0 Å². The van der Waals surface area contributed by atoms with Crippen LogP contribution >= 0.6 is 23.2 Å². The van der Waals surface area contributed by atoms with Crippen LogP contribution in [0.4, 0.5) is 0 Å². The Morgan fingerprint density at radius 3 is 2.80 bits per heavy atom. The molecule has 0 amide bonds. The van der Waals surface area contributed by atoms with Crippen molar-refractivity contribution in [1.82, 2.24) is 10.6 Å². The highest BCUT2D eigenvalue weighted by molar-refractivity contribution is 7.94. The summed E-state index contributed by atoms with van der Waals surface area (Å²) in [6.07, 6.45) is 7.60. The van der Waals surface area contributed by atoms with Crippen LogP contribution in [0.3, 0.4) is 0 Å². The van der Waals surface area contributed by atoms with Gasteiger partial charge in [0.2, 0.25) is 0 Å². The molecule has 0 bridgehead atoms. The standard InChI is InChI=1S/C11H20N2S2/c1-15-9-5-8-12-11(14)13-10-6-3-2-4-7-10/h9-10H,1-8H2,(H2,12,13,14). The fourth-order valence-corrected chi connectivity index (χ4v) is 2.36. The van der Waals surface area contributed by atoms with Gasteiger partial charge in [-0.25, -0.2) is 0 Å². The third-order valence-corrected chi connectivity index (χ3v) is 3.34. The second-order valence-corrected chi connectivity index (χ2v) is 4.93. The minimum atomic E-state index is 0.602. The van der Waals surface area contributed by atoms with Crippen LogP contribution in [0.15, 0.2) is 0 Å². The maximum absolute atomic E-state index is 5.23. The van der Waals surface area contributed by atoms with Crippen molar-refractivity contribution >= 4 is 39.5 Å². The number of rotatable bonds is 4. The van der Waals surface area contributed by atoms with Crippen LogP contribution in [0, 0.1) is 0 Å². The molecule has 15 heavy (non-hydrogen) atoms. The van der Waals surface area contributed by atoms with Crippen molar-refractivity contribution in [3.05, 3.63) is 0 Å². The number of thiocarbonyl (C=S) groups is 1. The molecule has 0 saturated heterocycles. The van der Waals surface area contributed by atoms with Crippen molar-refractivity contribution in [2.24, 2.45) is 0 Å². The van der Waals surface area contributed by atoms with Crippen molar-refractivity contribution in [3.8, 4) is 0 Å². The van der Waals surface area contributed by atoms with Crippen LogP contribution in [-0.4, -0.2) is 28.9 Å². The topological polar surface area (TPSA) is 24.1 Å². The molecule has 1 fully saturated rings. The molecule has 86 valence electrons. The lowest BCUT2D eigenvalue weighted by molar-refractivity contribution is 0.412. The minimum absolute atomic E-state index is 0.602. The molecule has 0 aromatic carbocycles. The molecule has 0 spiro atoms. The van der Waals surface area contributed by atoms with Gasteiger partial charge in [-0.05, 0) is 42.7 Å². The summed E-state index contributed by atoms with van der Waals surface area (Å²) in [6.45, 7) is 0.904. The monoisotopic (exact) mass is 244 g/mol. The van der Waals surface area contributed by atoms with Crippen LogP contribution in [-0.2, 0) is 0 Å². The molecule has 1 aliphatic carbocycles. The van der Waals surface area contributed by atoms with E-state index in [0.717, 1.165) is 18.1 Å². The summed E-state index contributed by atoms with van der Waals surface area (Å²) in [5.74, 6) is 3.68. The third kappa shape index (κ3) is 5.95. The zero-order valence-electron chi connectivity index (χ0n) is 9.13. The average Bonchev–Trinajstić information content (AvgIpc) is 2.26. The van der Waals surface area contributed by atoms with Crippen LogP contribution in [0.2, 0.25) is 0 Å². The second-order valence-electron chi connectivity index (χ2n) is 3.86. The molecule has 1 aliphatic rings. The van der Waals surface area contributed by atoms with Gasteiger partial charge in [0.05, 0.1) is 0 Å². The average molecular weight is 244 g/mol. The van der Waals surface area contributed by atoms with Crippen LogP contribution in [0.25, 0.3) is 0 Å². The smallest absolute Gasteiger partial charge is 0.166 e. The summed E-state index contributed by atoms with van der Waals surface area (Å²) in [6, 6.07) is 0.602. The van der Waals surface area contributed by atoms with Gasteiger partial charge >= 0.3 is 0 Å². The maximum atomic E-state index is 5.23. The molecule has 0 unspecified atom stereocenters.